The van der Waals surface area contributed by atoms with E-state index < -0.39 is 8.32 Å². The van der Waals surface area contributed by atoms with Crippen LogP contribution in [0.25, 0.3) is 0 Å². The predicted molar refractivity (Wildman–Crippen MR) is 70.0 cm³/mol. The van der Waals surface area contributed by atoms with Gasteiger partial charge in [0.05, 0.1) is 0 Å². The van der Waals surface area contributed by atoms with Crippen LogP contribution in [0.1, 0.15) is 40.0 Å². The number of carbonyl (C=O) groups excluding carboxylic acids is 1. The lowest BCUT2D eigenvalue weighted by Crippen LogP contribution is -2.42. The Morgan fingerprint density at radius 3 is 2.44 bits per heavy atom. The van der Waals surface area contributed by atoms with Crippen molar-refractivity contribution in [1.29, 1.82) is 0 Å². The van der Waals surface area contributed by atoms with Crippen LogP contribution in [0, 0.1) is 11.8 Å². The number of hydrogen-bond donors (Lipinski definition) is 0. The molecule has 1 rings (SSSR count). The zero-order chi connectivity index (χ0) is 12.4. The third-order valence-corrected chi connectivity index (χ3v) is 8.86. The molecule has 2 nitrogen and oxygen atoms in total. The van der Waals surface area contributed by atoms with Gasteiger partial charge in [-0.05, 0) is 36.9 Å². The summed E-state index contributed by atoms with van der Waals surface area (Å²) in [5.74, 6) is 0.733. The minimum absolute atomic E-state index is 0.254. The van der Waals surface area contributed by atoms with Gasteiger partial charge in [-0.2, -0.15) is 0 Å². The number of carbonyl (C=O) groups is 1. The Morgan fingerprint density at radius 1 is 1.31 bits per heavy atom. The average molecular weight is 242 g/mol. The molecular formula is C13H26O2Si. The maximum absolute atomic E-state index is 10.9. The highest BCUT2D eigenvalue weighted by Crippen LogP contribution is 2.38. The molecule has 0 aromatic carbocycles. The van der Waals surface area contributed by atoms with Gasteiger partial charge in [0.1, 0.15) is 6.29 Å². The summed E-state index contributed by atoms with van der Waals surface area (Å²) in [6, 6.07) is 0. The van der Waals surface area contributed by atoms with Crippen molar-refractivity contribution in [3.8, 4) is 0 Å². The summed E-state index contributed by atoms with van der Waals surface area (Å²) in [5.41, 5.74) is 0. The fourth-order valence-corrected chi connectivity index (χ4v) is 3.05. The largest absolute Gasteiger partial charge is 0.417 e. The average Bonchev–Trinajstić information content (AvgIpc) is 2.60. The zero-order valence-corrected chi connectivity index (χ0v) is 12.4. The summed E-state index contributed by atoms with van der Waals surface area (Å²) in [4.78, 5) is 10.9. The van der Waals surface area contributed by atoms with Crippen LogP contribution in [-0.4, -0.2) is 21.2 Å². The van der Waals surface area contributed by atoms with E-state index >= 15 is 0 Å². The Balaban J connectivity index is 2.48. The van der Waals surface area contributed by atoms with Crippen LogP contribution in [0.2, 0.25) is 18.1 Å². The maximum atomic E-state index is 10.9. The first-order valence-electron chi connectivity index (χ1n) is 6.37. The molecule has 0 aromatic heterocycles. The molecule has 0 spiro atoms. The Hall–Kier alpha value is -0.153. The van der Waals surface area contributed by atoms with Gasteiger partial charge in [0.25, 0.3) is 0 Å². The Bertz CT molecular complexity index is 243. The first-order chi connectivity index (χ1) is 7.28. The summed E-state index contributed by atoms with van der Waals surface area (Å²) in [7, 11) is -1.63. The lowest BCUT2D eigenvalue weighted by Gasteiger charge is -2.37. The van der Waals surface area contributed by atoms with Crippen molar-refractivity contribution in [2.24, 2.45) is 11.8 Å². The van der Waals surface area contributed by atoms with E-state index in [1.54, 1.807) is 0 Å². The molecule has 0 heterocycles. The van der Waals surface area contributed by atoms with Gasteiger partial charge in [-0.1, -0.05) is 27.2 Å². The second-order valence-electron chi connectivity index (χ2n) is 6.56. The van der Waals surface area contributed by atoms with Crippen molar-refractivity contribution in [3.63, 3.8) is 0 Å². The first kappa shape index (κ1) is 13.9. The molecule has 0 aliphatic heterocycles. The molecule has 0 aromatic rings. The van der Waals surface area contributed by atoms with Gasteiger partial charge in [-0.25, -0.2) is 0 Å². The predicted octanol–water partition coefficient (Wildman–Crippen LogP) is 3.62. The van der Waals surface area contributed by atoms with Gasteiger partial charge < -0.3 is 9.22 Å². The summed E-state index contributed by atoms with van der Waals surface area (Å²) in [6.07, 6.45) is 4.55. The van der Waals surface area contributed by atoms with Crippen molar-refractivity contribution in [2.75, 3.05) is 6.61 Å². The molecule has 0 saturated heterocycles. The van der Waals surface area contributed by atoms with E-state index in [2.05, 4.69) is 33.9 Å². The van der Waals surface area contributed by atoms with Crippen molar-refractivity contribution in [2.45, 2.75) is 58.2 Å². The van der Waals surface area contributed by atoms with Gasteiger partial charge in [-0.15, -0.1) is 0 Å². The molecular weight excluding hydrogens is 216 g/mol. The van der Waals surface area contributed by atoms with Crippen LogP contribution in [-0.2, 0) is 9.22 Å². The van der Waals surface area contributed by atoms with E-state index in [4.69, 9.17) is 4.43 Å². The quantitative estimate of drug-likeness (QED) is 0.556. The van der Waals surface area contributed by atoms with Gasteiger partial charge in [0.2, 0.25) is 0 Å². The van der Waals surface area contributed by atoms with Crippen LogP contribution in [0.5, 0.6) is 0 Å². The van der Waals surface area contributed by atoms with Crippen molar-refractivity contribution < 1.29 is 9.22 Å². The van der Waals surface area contributed by atoms with Crippen LogP contribution >= 0.6 is 0 Å². The zero-order valence-electron chi connectivity index (χ0n) is 11.4. The van der Waals surface area contributed by atoms with Crippen molar-refractivity contribution in [1.82, 2.24) is 0 Å². The van der Waals surface area contributed by atoms with E-state index in [9.17, 15) is 4.79 Å². The normalized spacial score (nSPS) is 27.1. The topological polar surface area (TPSA) is 26.3 Å². The number of aldehydes is 1. The lowest BCUT2D eigenvalue weighted by atomic mass is 9.99. The molecule has 16 heavy (non-hydrogen) atoms. The van der Waals surface area contributed by atoms with Gasteiger partial charge in [0.15, 0.2) is 8.32 Å². The monoisotopic (exact) mass is 242 g/mol. The van der Waals surface area contributed by atoms with Gasteiger partial charge >= 0.3 is 0 Å². The molecule has 1 unspecified atom stereocenters. The summed E-state index contributed by atoms with van der Waals surface area (Å²) >= 11 is 0. The molecule has 1 fully saturated rings. The van der Waals surface area contributed by atoms with E-state index in [1.165, 1.54) is 6.42 Å². The highest BCUT2D eigenvalue weighted by molar-refractivity contribution is 6.74. The second-order valence-corrected chi connectivity index (χ2v) is 11.4. The lowest BCUT2D eigenvalue weighted by molar-refractivity contribution is -0.112. The Morgan fingerprint density at radius 2 is 1.94 bits per heavy atom. The molecule has 0 bridgehead atoms. The van der Waals surface area contributed by atoms with Crippen molar-refractivity contribution in [3.05, 3.63) is 0 Å². The second kappa shape index (κ2) is 5.01. The van der Waals surface area contributed by atoms with E-state index in [1.807, 2.05) is 0 Å². The van der Waals surface area contributed by atoms with Gasteiger partial charge in [-0.3, -0.25) is 0 Å². The van der Waals surface area contributed by atoms with E-state index in [-0.39, 0.29) is 11.0 Å². The van der Waals surface area contributed by atoms with Gasteiger partial charge in [0, 0.05) is 12.5 Å². The van der Waals surface area contributed by atoms with Crippen LogP contribution in [0.4, 0.5) is 0 Å². The molecule has 1 saturated carbocycles. The SMILES string of the molecule is CC(C)(C)[Si](C)(C)OC[C@@H]1CCCC1C=O. The molecule has 0 N–H and O–H groups in total. The Labute approximate surface area is 101 Å². The minimum Gasteiger partial charge on any atom is -0.417 e. The van der Waals surface area contributed by atoms with E-state index in [0.29, 0.717) is 5.92 Å². The minimum atomic E-state index is -1.63. The third-order valence-electron chi connectivity index (χ3n) is 4.36. The smallest absolute Gasteiger partial charge is 0.191 e. The summed E-state index contributed by atoms with van der Waals surface area (Å²) in [5, 5.41) is 0.266. The molecule has 1 aliphatic rings. The van der Waals surface area contributed by atoms with Crippen LogP contribution in [0.3, 0.4) is 0 Å². The standard InChI is InChI=1S/C13H26O2Si/c1-13(2,3)16(4,5)15-10-12-8-6-7-11(12)9-14/h9,11-12H,6-8,10H2,1-5H3/t11?,12-/m0/s1. The molecule has 0 radical (unpaired) electrons. The Kier molecular flexibility index (Phi) is 4.35. The molecule has 3 heteroatoms. The molecule has 2 atom stereocenters. The third kappa shape index (κ3) is 3.17. The number of rotatable bonds is 4. The molecule has 1 aliphatic carbocycles. The first-order valence-corrected chi connectivity index (χ1v) is 9.28. The van der Waals surface area contributed by atoms with E-state index in [0.717, 1.165) is 25.7 Å². The fraction of sp³-hybridized carbons (Fsp3) is 0.923. The number of hydrogen-bond acceptors (Lipinski definition) is 2. The van der Waals surface area contributed by atoms with Crippen LogP contribution < -0.4 is 0 Å². The van der Waals surface area contributed by atoms with Crippen molar-refractivity contribution >= 4 is 14.6 Å². The summed E-state index contributed by atoms with van der Waals surface area (Å²) in [6.45, 7) is 12.1. The maximum Gasteiger partial charge on any atom is 0.191 e. The highest BCUT2D eigenvalue weighted by atomic mass is 28.4. The van der Waals surface area contributed by atoms with Crippen LogP contribution in [0.15, 0.2) is 0 Å². The molecule has 0 amide bonds. The molecule has 94 valence electrons. The highest BCUT2D eigenvalue weighted by Gasteiger charge is 2.38. The summed E-state index contributed by atoms with van der Waals surface area (Å²) < 4.78 is 6.19. The fourth-order valence-electron chi connectivity index (χ4n) is 1.98.